The highest BCUT2D eigenvalue weighted by molar-refractivity contribution is 5.80. The average molecular weight is 200 g/mol. The summed E-state index contributed by atoms with van der Waals surface area (Å²) in [5.41, 5.74) is 5.04. The van der Waals surface area contributed by atoms with Crippen LogP contribution in [0.4, 0.5) is 0 Å². The van der Waals surface area contributed by atoms with Crippen molar-refractivity contribution < 1.29 is 9.90 Å². The van der Waals surface area contributed by atoms with Crippen molar-refractivity contribution in [2.45, 2.75) is 45.9 Å². The SMILES string of the molecule is CC(C)(C)C(O)N1CCCC1C(N)=O. The topological polar surface area (TPSA) is 66.6 Å². The molecular formula is C10H20N2O2. The largest absolute Gasteiger partial charge is 0.378 e. The fourth-order valence-corrected chi connectivity index (χ4v) is 1.88. The van der Waals surface area contributed by atoms with Crippen molar-refractivity contribution in [3.05, 3.63) is 0 Å². The summed E-state index contributed by atoms with van der Waals surface area (Å²) >= 11 is 0. The molecule has 0 radical (unpaired) electrons. The number of carbonyl (C=O) groups is 1. The molecule has 0 aliphatic carbocycles. The number of nitrogens with zero attached hydrogens (tertiary/aromatic N) is 1. The van der Waals surface area contributed by atoms with Gasteiger partial charge in [0.05, 0.1) is 6.04 Å². The first-order valence-electron chi connectivity index (χ1n) is 5.07. The van der Waals surface area contributed by atoms with E-state index in [4.69, 9.17) is 5.73 Å². The fraction of sp³-hybridized carbons (Fsp3) is 0.900. The number of amides is 1. The van der Waals surface area contributed by atoms with Crippen LogP contribution < -0.4 is 5.73 Å². The molecule has 1 saturated heterocycles. The summed E-state index contributed by atoms with van der Waals surface area (Å²) in [5.74, 6) is -0.328. The van der Waals surface area contributed by atoms with E-state index in [0.29, 0.717) is 0 Å². The van der Waals surface area contributed by atoms with Crippen LogP contribution in [0.5, 0.6) is 0 Å². The first-order valence-corrected chi connectivity index (χ1v) is 5.07. The summed E-state index contributed by atoms with van der Waals surface area (Å²) in [4.78, 5) is 12.9. The van der Waals surface area contributed by atoms with Gasteiger partial charge in [0.25, 0.3) is 0 Å². The molecule has 0 aromatic carbocycles. The van der Waals surface area contributed by atoms with Crippen molar-refractivity contribution in [1.29, 1.82) is 0 Å². The maximum Gasteiger partial charge on any atom is 0.234 e. The number of rotatable bonds is 2. The van der Waals surface area contributed by atoms with Gasteiger partial charge >= 0.3 is 0 Å². The van der Waals surface area contributed by atoms with Crippen LogP contribution in [0.1, 0.15) is 33.6 Å². The minimum atomic E-state index is -0.595. The molecule has 0 aromatic heterocycles. The molecule has 14 heavy (non-hydrogen) atoms. The minimum Gasteiger partial charge on any atom is -0.378 e. The van der Waals surface area contributed by atoms with E-state index in [1.54, 1.807) is 0 Å². The highest BCUT2D eigenvalue weighted by Gasteiger charge is 2.38. The number of aliphatic hydroxyl groups is 1. The van der Waals surface area contributed by atoms with Crippen LogP contribution in [0.25, 0.3) is 0 Å². The van der Waals surface area contributed by atoms with E-state index in [9.17, 15) is 9.90 Å². The van der Waals surface area contributed by atoms with Gasteiger partial charge in [-0.15, -0.1) is 0 Å². The second-order valence-corrected chi connectivity index (χ2v) is 5.04. The number of primary amides is 1. The van der Waals surface area contributed by atoms with Crippen LogP contribution in [-0.4, -0.2) is 34.7 Å². The van der Waals surface area contributed by atoms with Crippen molar-refractivity contribution in [2.24, 2.45) is 11.1 Å². The monoisotopic (exact) mass is 200 g/mol. The first kappa shape index (κ1) is 11.5. The zero-order valence-electron chi connectivity index (χ0n) is 9.16. The van der Waals surface area contributed by atoms with E-state index in [0.717, 1.165) is 19.4 Å². The Morgan fingerprint density at radius 3 is 2.57 bits per heavy atom. The van der Waals surface area contributed by atoms with Crippen molar-refractivity contribution in [3.8, 4) is 0 Å². The van der Waals surface area contributed by atoms with Gasteiger partial charge in [0.2, 0.25) is 5.91 Å². The number of hydrogen-bond acceptors (Lipinski definition) is 3. The van der Waals surface area contributed by atoms with Crippen LogP contribution in [0.2, 0.25) is 0 Å². The highest BCUT2D eigenvalue weighted by atomic mass is 16.3. The summed E-state index contributed by atoms with van der Waals surface area (Å²) in [6.45, 7) is 6.61. The molecule has 1 amide bonds. The highest BCUT2D eigenvalue weighted by Crippen LogP contribution is 2.28. The number of hydrogen-bond donors (Lipinski definition) is 2. The lowest BCUT2D eigenvalue weighted by molar-refractivity contribution is -0.131. The minimum absolute atomic E-state index is 0.238. The van der Waals surface area contributed by atoms with Gasteiger partial charge in [-0.05, 0) is 12.8 Å². The Balaban J connectivity index is 2.72. The molecule has 1 rings (SSSR count). The second-order valence-electron chi connectivity index (χ2n) is 5.04. The van der Waals surface area contributed by atoms with Gasteiger partial charge in [-0.3, -0.25) is 9.69 Å². The molecule has 1 heterocycles. The lowest BCUT2D eigenvalue weighted by Gasteiger charge is -2.36. The number of aliphatic hydroxyl groups excluding tert-OH is 1. The van der Waals surface area contributed by atoms with Crippen molar-refractivity contribution in [2.75, 3.05) is 6.54 Å². The number of nitrogens with two attached hydrogens (primary N) is 1. The molecule has 0 bridgehead atoms. The molecule has 1 aliphatic heterocycles. The van der Waals surface area contributed by atoms with E-state index >= 15 is 0 Å². The van der Waals surface area contributed by atoms with Gasteiger partial charge in [-0.2, -0.15) is 0 Å². The Bertz CT molecular complexity index is 223. The van der Waals surface area contributed by atoms with Gasteiger partial charge in [0.15, 0.2) is 0 Å². The fourth-order valence-electron chi connectivity index (χ4n) is 1.88. The Kier molecular flexibility index (Phi) is 3.17. The predicted molar refractivity (Wildman–Crippen MR) is 54.4 cm³/mol. The summed E-state index contributed by atoms with van der Waals surface area (Å²) in [6, 6.07) is -0.288. The third-order valence-corrected chi connectivity index (χ3v) is 2.71. The molecule has 3 N–H and O–H groups in total. The van der Waals surface area contributed by atoms with E-state index in [-0.39, 0.29) is 17.4 Å². The van der Waals surface area contributed by atoms with E-state index in [1.807, 2.05) is 25.7 Å². The third-order valence-electron chi connectivity index (χ3n) is 2.71. The zero-order chi connectivity index (χ0) is 10.9. The Morgan fingerprint density at radius 2 is 2.14 bits per heavy atom. The summed E-state index contributed by atoms with van der Waals surface area (Å²) in [7, 11) is 0. The van der Waals surface area contributed by atoms with Crippen molar-refractivity contribution in [1.82, 2.24) is 4.90 Å². The van der Waals surface area contributed by atoms with Gasteiger partial charge in [0.1, 0.15) is 6.23 Å². The van der Waals surface area contributed by atoms with Crippen LogP contribution in [0, 0.1) is 5.41 Å². The standard InChI is InChI=1S/C10H20N2O2/c1-10(2,3)9(14)12-6-4-5-7(12)8(11)13/h7,9,14H,4-6H2,1-3H3,(H2,11,13). The number of carbonyl (C=O) groups excluding carboxylic acids is 1. The Labute approximate surface area is 85.1 Å². The molecular weight excluding hydrogens is 180 g/mol. The molecule has 0 saturated carbocycles. The second kappa shape index (κ2) is 3.87. The van der Waals surface area contributed by atoms with Crippen LogP contribution in [-0.2, 0) is 4.79 Å². The lowest BCUT2D eigenvalue weighted by Crippen LogP contribution is -2.50. The van der Waals surface area contributed by atoms with Crippen molar-refractivity contribution in [3.63, 3.8) is 0 Å². The summed E-state index contributed by atoms with van der Waals surface area (Å²) in [6.07, 6.45) is 1.10. The van der Waals surface area contributed by atoms with Gasteiger partial charge in [-0.25, -0.2) is 0 Å². The van der Waals surface area contributed by atoms with Gasteiger partial charge in [-0.1, -0.05) is 20.8 Å². The van der Waals surface area contributed by atoms with Crippen LogP contribution >= 0.6 is 0 Å². The third kappa shape index (κ3) is 2.25. The van der Waals surface area contributed by atoms with Gasteiger partial charge in [0, 0.05) is 12.0 Å². The smallest absolute Gasteiger partial charge is 0.234 e. The normalized spacial score (nSPS) is 26.4. The zero-order valence-corrected chi connectivity index (χ0v) is 9.16. The number of likely N-dealkylation sites (tertiary alicyclic amines) is 1. The molecule has 82 valence electrons. The molecule has 0 spiro atoms. The van der Waals surface area contributed by atoms with E-state index in [1.165, 1.54) is 0 Å². The molecule has 1 fully saturated rings. The molecule has 0 aromatic rings. The molecule has 4 nitrogen and oxygen atoms in total. The van der Waals surface area contributed by atoms with Crippen molar-refractivity contribution >= 4 is 5.91 Å². The van der Waals surface area contributed by atoms with Crippen LogP contribution in [0.3, 0.4) is 0 Å². The summed E-state index contributed by atoms with van der Waals surface area (Å²) in [5, 5.41) is 10.0. The maximum atomic E-state index is 11.1. The lowest BCUT2D eigenvalue weighted by atomic mass is 9.93. The summed E-state index contributed by atoms with van der Waals surface area (Å²) < 4.78 is 0. The van der Waals surface area contributed by atoms with Crippen LogP contribution in [0.15, 0.2) is 0 Å². The first-order chi connectivity index (χ1) is 6.34. The van der Waals surface area contributed by atoms with E-state index in [2.05, 4.69) is 0 Å². The quantitative estimate of drug-likeness (QED) is 0.673. The molecule has 1 aliphatic rings. The molecule has 2 unspecified atom stereocenters. The van der Waals surface area contributed by atoms with E-state index < -0.39 is 6.23 Å². The Hall–Kier alpha value is -0.610. The molecule has 2 atom stereocenters. The maximum absolute atomic E-state index is 11.1. The Morgan fingerprint density at radius 1 is 1.57 bits per heavy atom. The predicted octanol–water partition coefficient (Wildman–Crippen LogP) is 0.301. The van der Waals surface area contributed by atoms with Gasteiger partial charge < -0.3 is 10.8 Å². The molecule has 4 heteroatoms. The average Bonchev–Trinajstić information content (AvgIpc) is 2.48.